The summed E-state index contributed by atoms with van der Waals surface area (Å²) in [6.45, 7) is 8.01. The molecular weight excluding hydrogens is 282 g/mol. The molecule has 1 atom stereocenters. The quantitative estimate of drug-likeness (QED) is 0.930. The van der Waals surface area contributed by atoms with E-state index >= 15 is 0 Å². The third-order valence-corrected chi connectivity index (χ3v) is 5.38. The van der Waals surface area contributed by atoms with Gasteiger partial charge in [0.15, 0.2) is 5.17 Å². The molecule has 0 aliphatic carbocycles. The lowest BCUT2D eigenvalue weighted by Gasteiger charge is -2.28. The summed E-state index contributed by atoms with van der Waals surface area (Å²) in [5, 5.41) is 4.47. The molecule has 1 aromatic rings. The SMILES string of the molecule is CCC1(C)CSC(Nc2ccc(N3CCOCC3)cc2)=N1. The van der Waals surface area contributed by atoms with E-state index < -0.39 is 0 Å². The van der Waals surface area contributed by atoms with Gasteiger partial charge in [0, 0.05) is 30.2 Å². The topological polar surface area (TPSA) is 36.9 Å². The van der Waals surface area contributed by atoms with E-state index in [4.69, 9.17) is 9.73 Å². The molecule has 0 saturated carbocycles. The van der Waals surface area contributed by atoms with Crippen molar-refractivity contribution in [2.45, 2.75) is 25.8 Å². The third kappa shape index (κ3) is 3.52. The molecule has 21 heavy (non-hydrogen) atoms. The zero-order valence-corrected chi connectivity index (χ0v) is 13.6. The summed E-state index contributed by atoms with van der Waals surface area (Å²) >= 11 is 1.81. The fraction of sp³-hybridized carbons (Fsp3) is 0.562. The average molecular weight is 305 g/mol. The molecule has 2 aliphatic rings. The number of aliphatic imine (C=N–C) groups is 1. The van der Waals surface area contributed by atoms with E-state index in [-0.39, 0.29) is 5.54 Å². The number of hydrogen-bond acceptors (Lipinski definition) is 5. The number of nitrogens with zero attached hydrogens (tertiary/aromatic N) is 2. The number of thioether (sulfide) groups is 1. The van der Waals surface area contributed by atoms with E-state index in [9.17, 15) is 0 Å². The highest BCUT2D eigenvalue weighted by molar-refractivity contribution is 8.14. The van der Waals surface area contributed by atoms with Crippen molar-refractivity contribution in [2.75, 3.05) is 42.3 Å². The summed E-state index contributed by atoms with van der Waals surface area (Å²) < 4.78 is 5.39. The van der Waals surface area contributed by atoms with Gasteiger partial charge in [-0.05, 0) is 37.6 Å². The number of nitrogens with one attached hydrogen (secondary N) is 1. The van der Waals surface area contributed by atoms with Crippen LogP contribution in [0.15, 0.2) is 29.3 Å². The van der Waals surface area contributed by atoms with Crippen molar-refractivity contribution in [3.8, 4) is 0 Å². The number of rotatable bonds is 3. The van der Waals surface area contributed by atoms with E-state index in [0.717, 1.165) is 49.3 Å². The van der Waals surface area contributed by atoms with Gasteiger partial charge in [-0.2, -0.15) is 0 Å². The first-order chi connectivity index (χ1) is 10.2. The molecule has 0 radical (unpaired) electrons. The van der Waals surface area contributed by atoms with Gasteiger partial charge in [-0.15, -0.1) is 0 Å². The van der Waals surface area contributed by atoms with Crippen molar-refractivity contribution >= 4 is 28.3 Å². The Hall–Kier alpha value is -1.20. The molecule has 1 unspecified atom stereocenters. The van der Waals surface area contributed by atoms with Crippen molar-refractivity contribution in [3.05, 3.63) is 24.3 Å². The first kappa shape index (κ1) is 14.7. The lowest BCUT2D eigenvalue weighted by Crippen LogP contribution is -2.36. The summed E-state index contributed by atoms with van der Waals surface area (Å²) in [4.78, 5) is 7.15. The summed E-state index contributed by atoms with van der Waals surface area (Å²) in [6, 6.07) is 8.62. The third-order valence-electron chi connectivity index (χ3n) is 4.15. The highest BCUT2D eigenvalue weighted by Gasteiger charge is 2.28. The lowest BCUT2D eigenvalue weighted by molar-refractivity contribution is 0.122. The van der Waals surface area contributed by atoms with Gasteiger partial charge < -0.3 is 15.0 Å². The molecule has 1 fully saturated rings. The molecule has 0 amide bonds. The number of amidine groups is 1. The number of ether oxygens (including phenoxy) is 1. The molecule has 4 nitrogen and oxygen atoms in total. The molecule has 5 heteroatoms. The smallest absolute Gasteiger partial charge is 0.161 e. The Morgan fingerprint density at radius 1 is 1.29 bits per heavy atom. The summed E-state index contributed by atoms with van der Waals surface area (Å²) in [5.74, 6) is 1.07. The molecule has 1 N–H and O–H groups in total. The minimum atomic E-state index is 0.0980. The fourth-order valence-corrected chi connectivity index (χ4v) is 3.67. The monoisotopic (exact) mass is 305 g/mol. The van der Waals surface area contributed by atoms with Crippen molar-refractivity contribution in [1.82, 2.24) is 0 Å². The van der Waals surface area contributed by atoms with E-state index in [0.29, 0.717) is 0 Å². The molecule has 0 spiro atoms. The zero-order valence-electron chi connectivity index (χ0n) is 12.8. The highest BCUT2D eigenvalue weighted by atomic mass is 32.2. The van der Waals surface area contributed by atoms with Crippen LogP contribution < -0.4 is 10.2 Å². The molecule has 3 rings (SSSR count). The summed E-state index contributed by atoms with van der Waals surface area (Å²) in [5.41, 5.74) is 2.47. The van der Waals surface area contributed by atoms with Gasteiger partial charge in [0.25, 0.3) is 0 Å². The second-order valence-electron chi connectivity index (χ2n) is 5.83. The number of benzene rings is 1. The predicted octanol–water partition coefficient (Wildman–Crippen LogP) is 3.21. The lowest BCUT2D eigenvalue weighted by atomic mass is 10.0. The van der Waals surface area contributed by atoms with E-state index in [1.165, 1.54) is 5.69 Å². The Morgan fingerprint density at radius 3 is 2.62 bits per heavy atom. The van der Waals surface area contributed by atoms with Crippen molar-refractivity contribution in [2.24, 2.45) is 4.99 Å². The molecular formula is C16H23N3OS. The van der Waals surface area contributed by atoms with Gasteiger partial charge in [0.05, 0.1) is 18.8 Å². The van der Waals surface area contributed by atoms with Crippen LogP contribution in [0.2, 0.25) is 0 Å². The van der Waals surface area contributed by atoms with Crippen LogP contribution in [-0.2, 0) is 4.74 Å². The second-order valence-corrected chi connectivity index (χ2v) is 6.79. The van der Waals surface area contributed by atoms with Crippen molar-refractivity contribution < 1.29 is 4.74 Å². The van der Waals surface area contributed by atoms with E-state index in [1.54, 1.807) is 0 Å². The Balaban J connectivity index is 1.63. The maximum absolute atomic E-state index is 5.39. The Morgan fingerprint density at radius 2 is 2.00 bits per heavy atom. The first-order valence-corrected chi connectivity index (χ1v) is 8.59. The van der Waals surface area contributed by atoms with Gasteiger partial charge in [0.2, 0.25) is 0 Å². The van der Waals surface area contributed by atoms with Gasteiger partial charge in [-0.25, -0.2) is 0 Å². The van der Waals surface area contributed by atoms with Crippen molar-refractivity contribution in [3.63, 3.8) is 0 Å². The minimum absolute atomic E-state index is 0.0980. The Bertz CT molecular complexity index is 511. The van der Waals surface area contributed by atoms with Gasteiger partial charge in [-0.3, -0.25) is 4.99 Å². The molecule has 2 heterocycles. The summed E-state index contributed by atoms with van der Waals surface area (Å²) in [6.07, 6.45) is 1.08. The molecule has 2 aliphatic heterocycles. The van der Waals surface area contributed by atoms with Crippen LogP contribution >= 0.6 is 11.8 Å². The normalized spacial score (nSPS) is 25.8. The van der Waals surface area contributed by atoms with Gasteiger partial charge >= 0.3 is 0 Å². The zero-order chi connectivity index (χ0) is 14.7. The van der Waals surface area contributed by atoms with Crippen LogP contribution in [0.25, 0.3) is 0 Å². The maximum Gasteiger partial charge on any atom is 0.161 e. The van der Waals surface area contributed by atoms with E-state index in [2.05, 4.69) is 48.3 Å². The molecule has 1 saturated heterocycles. The molecule has 0 bridgehead atoms. The fourth-order valence-electron chi connectivity index (χ4n) is 2.48. The number of hydrogen-bond donors (Lipinski definition) is 1. The summed E-state index contributed by atoms with van der Waals surface area (Å²) in [7, 11) is 0. The number of morpholine rings is 1. The molecule has 0 aromatic heterocycles. The van der Waals surface area contributed by atoms with Crippen LogP contribution in [-0.4, -0.2) is 42.8 Å². The van der Waals surface area contributed by atoms with Crippen LogP contribution in [0.5, 0.6) is 0 Å². The van der Waals surface area contributed by atoms with Gasteiger partial charge in [0.1, 0.15) is 0 Å². The molecule has 1 aromatic carbocycles. The standard InChI is InChI=1S/C16H23N3OS/c1-3-16(2)12-21-15(18-16)17-13-4-6-14(7-5-13)19-8-10-20-11-9-19/h4-7H,3,8-12H2,1-2H3,(H,17,18). The van der Waals surface area contributed by atoms with E-state index in [1.807, 2.05) is 11.8 Å². The van der Waals surface area contributed by atoms with Crippen LogP contribution in [0.4, 0.5) is 11.4 Å². The maximum atomic E-state index is 5.39. The Kier molecular flexibility index (Phi) is 4.40. The second kappa shape index (κ2) is 6.28. The van der Waals surface area contributed by atoms with Crippen LogP contribution in [0.3, 0.4) is 0 Å². The highest BCUT2D eigenvalue weighted by Crippen LogP contribution is 2.31. The van der Waals surface area contributed by atoms with Gasteiger partial charge in [-0.1, -0.05) is 18.7 Å². The predicted molar refractivity (Wildman–Crippen MR) is 91.7 cm³/mol. The van der Waals surface area contributed by atoms with Crippen molar-refractivity contribution in [1.29, 1.82) is 0 Å². The first-order valence-electron chi connectivity index (χ1n) is 7.61. The van der Waals surface area contributed by atoms with Crippen LogP contribution in [0.1, 0.15) is 20.3 Å². The number of anilines is 2. The average Bonchev–Trinajstić information content (AvgIpc) is 2.91. The molecule has 114 valence electrons. The van der Waals surface area contributed by atoms with Crippen LogP contribution in [0, 0.1) is 0 Å². The largest absolute Gasteiger partial charge is 0.378 e. The minimum Gasteiger partial charge on any atom is -0.378 e. The Labute approximate surface area is 131 Å².